The highest BCUT2D eigenvalue weighted by Gasteiger charge is 2.28. The molecule has 3 rings (SSSR count). The van der Waals surface area contributed by atoms with E-state index < -0.39 is 5.91 Å². The molecule has 134 valence electrons. The van der Waals surface area contributed by atoms with Crippen molar-refractivity contribution >= 4 is 28.2 Å². The van der Waals surface area contributed by atoms with E-state index in [0.717, 1.165) is 48.5 Å². The first-order valence-corrected chi connectivity index (χ1v) is 9.20. The van der Waals surface area contributed by atoms with Gasteiger partial charge in [0.2, 0.25) is 0 Å². The highest BCUT2D eigenvalue weighted by atomic mass is 32.1. The summed E-state index contributed by atoms with van der Waals surface area (Å²) in [6.07, 6.45) is 3.65. The Balaban J connectivity index is 1.90. The molecule has 2 aromatic heterocycles. The number of nitrogens with one attached hydrogen (secondary N) is 1. The standard InChI is InChI=1S/C17H23N5O2S/c1-4-6-22-7-5-11-12(9-22)25-17(13(11)15(18)23)19-16(24)14-10(2)8-21(3)20-14/h8H,4-7,9H2,1-3H3,(H2,18,23)(H,19,24). The molecule has 3 N–H and O–H groups in total. The van der Waals surface area contributed by atoms with E-state index in [-0.39, 0.29) is 5.91 Å². The first-order valence-electron chi connectivity index (χ1n) is 8.39. The Hall–Kier alpha value is -2.19. The van der Waals surface area contributed by atoms with Crippen LogP contribution in [-0.4, -0.2) is 39.6 Å². The van der Waals surface area contributed by atoms with Crippen LogP contribution < -0.4 is 11.1 Å². The zero-order chi connectivity index (χ0) is 18.1. The molecule has 0 fully saturated rings. The zero-order valence-corrected chi connectivity index (χ0v) is 15.6. The first-order chi connectivity index (χ1) is 11.9. The lowest BCUT2D eigenvalue weighted by Gasteiger charge is -2.26. The fourth-order valence-electron chi connectivity index (χ4n) is 3.31. The Morgan fingerprint density at radius 3 is 2.80 bits per heavy atom. The number of primary amides is 1. The van der Waals surface area contributed by atoms with Crippen LogP contribution in [0.25, 0.3) is 0 Å². The van der Waals surface area contributed by atoms with Crippen LogP contribution in [0.1, 0.15) is 50.2 Å². The van der Waals surface area contributed by atoms with Crippen molar-refractivity contribution < 1.29 is 9.59 Å². The highest BCUT2D eigenvalue weighted by Crippen LogP contribution is 2.37. The fraction of sp³-hybridized carbons (Fsp3) is 0.471. The molecule has 1 aliphatic rings. The number of carbonyl (C=O) groups excluding carboxylic acids is 2. The van der Waals surface area contributed by atoms with Crippen molar-refractivity contribution in [2.24, 2.45) is 12.8 Å². The Morgan fingerprint density at radius 1 is 1.44 bits per heavy atom. The maximum atomic E-state index is 12.6. The highest BCUT2D eigenvalue weighted by molar-refractivity contribution is 7.17. The van der Waals surface area contributed by atoms with Crippen molar-refractivity contribution in [2.45, 2.75) is 33.2 Å². The van der Waals surface area contributed by atoms with Gasteiger partial charge in [-0.15, -0.1) is 11.3 Å². The Kier molecular flexibility index (Phi) is 4.91. The maximum Gasteiger partial charge on any atom is 0.277 e. The molecule has 0 radical (unpaired) electrons. The minimum atomic E-state index is -0.491. The van der Waals surface area contributed by atoms with Crippen molar-refractivity contribution in [1.29, 1.82) is 0 Å². The molecular formula is C17H23N5O2S. The van der Waals surface area contributed by atoms with Gasteiger partial charge in [-0.3, -0.25) is 19.2 Å². The summed E-state index contributed by atoms with van der Waals surface area (Å²) < 4.78 is 1.60. The summed E-state index contributed by atoms with van der Waals surface area (Å²) in [5, 5.41) is 7.57. The number of nitrogens with two attached hydrogens (primary N) is 1. The van der Waals surface area contributed by atoms with Crippen LogP contribution in [-0.2, 0) is 20.0 Å². The molecule has 0 unspecified atom stereocenters. The largest absolute Gasteiger partial charge is 0.365 e. The molecule has 2 amide bonds. The van der Waals surface area contributed by atoms with Crippen LogP contribution >= 0.6 is 11.3 Å². The van der Waals surface area contributed by atoms with E-state index in [1.54, 1.807) is 17.9 Å². The second-order valence-corrected chi connectivity index (χ2v) is 7.49. The van der Waals surface area contributed by atoms with E-state index in [1.165, 1.54) is 11.3 Å². The van der Waals surface area contributed by atoms with Gasteiger partial charge in [0, 0.05) is 36.8 Å². The Morgan fingerprint density at radius 2 is 2.20 bits per heavy atom. The normalized spacial score (nSPS) is 14.4. The van der Waals surface area contributed by atoms with Gasteiger partial charge in [-0.1, -0.05) is 6.92 Å². The van der Waals surface area contributed by atoms with E-state index in [2.05, 4.69) is 22.2 Å². The summed E-state index contributed by atoms with van der Waals surface area (Å²) in [6, 6.07) is 0. The van der Waals surface area contributed by atoms with E-state index in [1.807, 2.05) is 6.92 Å². The number of anilines is 1. The van der Waals surface area contributed by atoms with Gasteiger partial charge in [-0.2, -0.15) is 5.10 Å². The van der Waals surface area contributed by atoms with Crippen LogP contribution in [0.2, 0.25) is 0 Å². The van der Waals surface area contributed by atoms with Crippen LogP contribution in [0, 0.1) is 6.92 Å². The summed E-state index contributed by atoms with van der Waals surface area (Å²) in [5.41, 5.74) is 8.19. The van der Waals surface area contributed by atoms with Gasteiger partial charge >= 0.3 is 0 Å². The van der Waals surface area contributed by atoms with Crippen molar-refractivity contribution in [3.8, 4) is 0 Å². The molecule has 2 aromatic rings. The number of rotatable bonds is 5. The number of aryl methyl sites for hydroxylation is 2. The van der Waals surface area contributed by atoms with Gasteiger partial charge in [-0.25, -0.2) is 0 Å². The second-order valence-electron chi connectivity index (χ2n) is 6.39. The van der Waals surface area contributed by atoms with E-state index in [0.29, 0.717) is 16.3 Å². The topological polar surface area (TPSA) is 93.2 Å². The summed E-state index contributed by atoms with van der Waals surface area (Å²) >= 11 is 1.45. The van der Waals surface area contributed by atoms with Gasteiger partial charge in [0.25, 0.3) is 11.8 Å². The summed E-state index contributed by atoms with van der Waals surface area (Å²) in [4.78, 5) is 28.0. The molecule has 0 saturated heterocycles. The third kappa shape index (κ3) is 3.45. The van der Waals surface area contributed by atoms with Gasteiger partial charge in [0.1, 0.15) is 5.00 Å². The second kappa shape index (κ2) is 6.97. The van der Waals surface area contributed by atoms with Crippen molar-refractivity contribution in [1.82, 2.24) is 14.7 Å². The number of thiophene rings is 1. The third-order valence-corrected chi connectivity index (χ3v) is 5.51. The summed E-state index contributed by atoms with van der Waals surface area (Å²) in [6.45, 7) is 6.72. The summed E-state index contributed by atoms with van der Waals surface area (Å²) in [7, 11) is 1.77. The quantitative estimate of drug-likeness (QED) is 0.851. The molecule has 0 aromatic carbocycles. The maximum absolute atomic E-state index is 12.6. The average Bonchev–Trinajstić information content (AvgIpc) is 3.06. The Labute approximate surface area is 150 Å². The molecule has 0 bridgehead atoms. The lowest BCUT2D eigenvalue weighted by molar-refractivity contribution is 0.1000. The number of hydrogen-bond acceptors (Lipinski definition) is 5. The molecule has 0 saturated carbocycles. The van der Waals surface area contributed by atoms with Gasteiger partial charge in [-0.05, 0) is 31.9 Å². The van der Waals surface area contributed by atoms with E-state index >= 15 is 0 Å². The summed E-state index contributed by atoms with van der Waals surface area (Å²) in [5.74, 6) is -0.806. The lowest BCUT2D eigenvalue weighted by atomic mass is 10.0. The molecule has 0 spiro atoms. The first kappa shape index (κ1) is 17.6. The number of carbonyl (C=O) groups is 2. The number of fused-ring (bicyclic) bond motifs is 1. The van der Waals surface area contributed by atoms with Crippen molar-refractivity contribution in [3.05, 3.63) is 33.5 Å². The fourth-order valence-corrected chi connectivity index (χ4v) is 4.60. The zero-order valence-electron chi connectivity index (χ0n) is 14.8. The van der Waals surface area contributed by atoms with Gasteiger partial charge in [0.05, 0.1) is 5.56 Å². The number of amides is 2. The monoisotopic (exact) mass is 361 g/mol. The molecule has 25 heavy (non-hydrogen) atoms. The molecular weight excluding hydrogens is 338 g/mol. The van der Waals surface area contributed by atoms with Crippen LogP contribution in [0.5, 0.6) is 0 Å². The molecule has 0 aliphatic carbocycles. The smallest absolute Gasteiger partial charge is 0.277 e. The lowest BCUT2D eigenvalue weighted by Crippen LogP contribution is -2.31. The average molecular weight is 361 g/mol. The van der Waals surface area contributed by atoms with Crippen LogP contribution in [0.3, 0.4) is 0 Å². The minimum absolute atomic E-state index is 0.315. The Bertz CT molecular complexity index is 823. The van der Waals surface area contributed by atoms with Gasteiger partial charge < -0.3 is 11.1 Å². The van der Waals surface area contributed by atoms with Crippen molar-refractivity contribution in [2.75, 3.05) is 18.4 Å². The van der Waals surface area contributed by atoms with Crippen LogP contribution in [0.15, 0.2) is 6.20 Å². The van der Waals surface area contributed by atoms with E-state index in [4.69, 9.17) is 5.73 Å². The molecule has 7 nitrogen and oxygen atoms in total. The van der Waals surface area contributed by atoms with Crippen molar-refractivity contribution in [3.63, 3.8) is 0 Å². The van der Waals surface area contributed by atoms with Gasteiger partial charge in [0.15, 0.2) is 5.69 Å². The number of nitrogens with zero attached hydrogens (tertiary/aromatic N) is 3. The third-order valence-electron chi connectivity index (χ3n) is 4.38. The predicted molar refractivity (Wildman–Crippen MR) is 98.0 cm³/mol. The number of hydrogen-bond donors (Lipinski definition) is 2. The number of aromatic nitrogens is 2. The molecule has 8 heteroatoms. The SMILES string of the molecule is CCCN1CCc2c(sc(NC(=O)c3nn(C)cc3C)c2C(N)=O)C1. The van der Waals surface area contributed by atoms with Crippen LogP contribution in [0.4, 0.5) is 5.00 Å². The molecule has 1 aliphatic heterocycles. The predicted octanol–water partition coefficient (Wildman–Crippen LogP) is 1.91. The molecule has 3 heterocycles. The van der Waals surface area contributed by atoms with E-state index in [9.17, 15) is 9.59 Å². The molecule has 0 atom stereocenters. The minimum Gasteiger partial charge on any atom is -0.365 e.